The molecular weight excluding hydrogens is 270 g/mol. The van der Waals surface area contributed by atoms with Crippen molar-refractivity contribution < 1.29 is 29.3 Å². The van der Waals surface area contributed by atoms with Crippen molar-refractivity contribution in [1.29, 1.82) is 0 Å². The van der Waals surface area contributed by atoms with Crippen molar-refractivity contribution in [3.63, 3.8) is 0 Å². The maximum Gasteiger partial charge on any atom is 0.332 e. The number of nitrogens with two attached hydrogens (primary N) is 1. The van der Waals surface area contributed by atoms with Crippen LogP contribution in [0.15, 0.2) is 0 Å². The van der Waals surface area contributed by atoms with Gasteiger partial charge in [-0.3, -0.25) is 9.59 Å². The van der Waals surface area contributed by atoms with Crippen LogP contribution in [-0.4, -0.2) is 59.5 Å². The Kier molecular flexibility index (Phi) is 8.45. The van der Waals surface area contributed by atoms with Crippen LogP contribution >= 0.6 is 0 Å². The average Bonchev–Trinajstić information content (AvgIpc) is 2.37. The summed E-state index contributed by atoms with van der Waals surface area (Å²) in [4.78, 5) is 33.1. The van der Waals surface area contributed by atoms with E-state index in [-0.39, 0.29) is 19.8 Å². The highest BCUT2D eigenvalue weighted by atomic mass is 16.5. The first-order chi connectivity index (χ1) is 9.25. The van der Waals surface area contributed by atoms with Crippen LogP contribution in [0.1, 0.15) is 20.3 Å². The maximum atomic E-state index is 11.5. The molecular formula is C11H21N3O6. The first-order valence-corrected chi connectivity index (χ1v) is 6.08. The SMILES string of the molecule is C[C@H](N)C(=O)N[C@@H](C)C(=O)NCOCC[C@@H](O)C(=O)O. The van der Waals surface area contributed by atoms with E-state index in [0.717, 1.165) is 0 Å². The molecule has 0 unspecified atom stereocenters. The van der Waals surface area contributed by atoms with Crippen molar-refractivity contribution in [2.24, 2.45) is 5.73 Å². The fraction of sp³-hybridized carbons (Fsp3) is 0.727. The highest BCUT2D eigenvalue weighted by Crippen LogP contribution is 1.92. The summed E-state index contributed by atoms with van der Waals surface area (Å²) < 4.78 is 4.94. The Bertz CT molecular complexity index is 347. The van der Waals surface area contributed by atoms with Gasteiger partial charge in [-0.05, 0) is 13.8 Å². The van der Waals surface area contributed by atoms with E-state index < -0.39 is 36.0 Å². The number of hydrogen-bond acceptors (Lipinski definition) is 6. The highest BCUT2D eigenvalue weighted by Gasteiger charge is 2.17. The molecule has 116 valence electrons. The predicted octanol–water partition coefficient (Wildman–Crippen LogP) is -2.24. The van der Waals surface area contributed by atoms with Crippen LogP contribution in [0.2, 0.25) is 0 Å². The van der Waals surface area contributed by atoms with E-state index >= 15 is 0 Å². The van der Waals surface area contributed by atoms with Crippen molar-refractivity contribution in [1.82, 2.24) is 10.6 Å². The molecule has 6 N–H and O–H groups in total. The molecule has 0 fully saturated rings. The highest BCUT2D eigenvalue weighted by molar-refractivity contribution is 5.89. The zero-order valence-electron chi connectivity index (χ0n) is 11.5. The van der Waals surface area contributed by atoms with E-state index in [9.17, 15) is 14.4 Å². The number of carbonyl (C=O) groups is 3. The van der Waals surface area contributed by atoms with E-state index in [1.54, 1.807) is 0 Å². The largest absolute Gasteiger partial charge is 0.479 e. The smallest absolute Gasteiger partial charge is 0.332 e. The minimum atomic E-state index is -1.49. The van der Waals surface area contributed by atoms with Gasteiger partial charge in [0.1, 0.15) is 12.8 Å². The number of hydrogen-bond donors (Lipinski definition) is 5. The first-order valence-electron chi connectivity index (χ1n) is 6.08. The van der Waals surface area contributed by atoms with Gasteiger partial charge in [-0.2, -0.15) is 0 Å². The van der Waals surface area contributed by atoms with Gasteiger partial charge in [-0.1, -0.05) is 0 Å². The fourth-order valence-electron chi connectivity index (χ4n) is 1.08. The third-order valence-corrected chi connectivity index (χ3v) is 2.33. The summed E-state index contributed by atoms with van der Waals surface area (Å²) in [5, 5.41) is 22.1. The molecule has 0 saturated heterocycles. The van der Waals surface area contributed by atoms with Gasteiger partial charge in [0.25, 0.3) is 0 Å². The summed E-state index contributed by atoms with van der Waals surface area (Å²) in [6, 6.07) is -1.47. The van der Waals surface area contributed by atoms with Gasteiger partial charge in [-0.15, -0.1) is 0 Å². The predicted molar refractivity (Wildman–Crippen MR) is 68.5 cm³/mol. The van der Waals surface area contributed by atoms with Gasteiger partial charge in [0.2, 0.25) is 11.8 Å². The number of carboxylic acid groups (broad SMARTS) is 1. The van der Waals surface area contributed by atoms with Crippen molar-refractivity contribution in [2.45, 2.75) is 38.5 Å². The van der Waals surface area contributed by atoms with E-state index in [0.29, 0.717) is 0 Å². The minimum absolute atomic E-state index is 0.0195. The molecule has 9 heteroatoms. The lowest BCUT2D eigenvalue weighted by atomic mass is 10.2. The third-order valence-electron chi connectivity index (χ3n) is 2.33. The number of carboxylic acids is 1. The van der Waals surface area contributed by atoms with Gasteiger partial charge in [-0.25, -0.2) is 4.79 Å². The van der Waals surface area contributed by atoms with Crippen molar-refractivity contribution in [3.8, 4) is 0 Å². The Labute approximate surface area is 116 Å². The van der Waals surface area contributed by atoms with E-state index in [1.165, 1.54) is 13.8 Å². The standard InChI is InChI=1S/C11H21N3O6/c1-6(12)9(16)14-7(2)10(17)13-5-20-4-3-8(15)11(18)19/h6-8,15H,3-5,12H2,1-2H3,(H,13,17)(H,14,16)(H,18,19)/t6-,7-,8+/m0/s1. The van der Waals surface area contributed by atoms with Gasteiger partial charge < -0.3 is 31.3 Å². The maximum absolute atomic E-state index is 11.5. The van der Waals surface area contributed by atoms with E-state index in [1.807, 2.05) is 0 Å². The fourth-order valence-corrected chi connectivity index (χ4v) is 1.08. The van der Waals surface area contributed by atoms with Crippen molar-refractivity contribution >= 4 is 17.8 Å². The van der Waals surface area contributed by atoms with Gasteiger partial charge in [0, 0.05) is 6.42 Å². The Balaban J connectivity index is 3.77. The minimum Gasteiger partial charge on any atom is -0.479 e. The number of aliphatic carboxylic acids is 1. The second kappa shape index (κ2) is 9.23. The van der Waals surface area contributed by atoms with E-state index in [2.05, 4.69) is 10.6 Å². The quantitative estimate of drug-likeness (QED) is 0.238. The lowest BCUT2D eigenvalue weighted by Gasteiger charge is -2.15. The van der Waals surface area contributed by atoms with Crippen LogP contribution in [0.5, 0.6) is 0 Å². The molecule has 0 aromatic rings. The second-order valence-electron chi connectivity index (χ2n) is 4.26. The monoisotopic (exact) mass is 291 g/mol. The molecule has 0 heterocycles. The molecule has 0 aliphatic carbocycles. The number of nitrogens with one attached hydrogen (secondary N) is 2. The molecule has 0 radical (unpaired) electrons. The molecule has 0 rings (SSSR count). The lowest BCUT2D eigenvalue weighted by molar-refractivity contribution is -0.147. The van der Waals surface area contributed by atoms with Crippen LogP contribution in [0.3, 0.4) is 0 Å². The molecule has 0 saturated carbocycles. The molecule has 0 aliphatic heterocycles. The molecule has 0 aliphatic rings. The summed E-state index contributed by atoms with van der Waals surface area (Å²) in [6.07, 6.45) is -1.57. The van der Waals surface area contributed by atoms with E-state index in [4.69, 9.17) is 20.7 Å². The lowest BCUT2D eigenvalue weighted by Crippen LogP contribution is -2.49. The molecule has 0 spiro atoms. The van der Waals surface area contributed by atoms with Gasteiger partial charge in [0.15, 0.2) is 6.10 Å². The molecule has 20 heavy (non-hydrogen) atoms. The van der Waals surface area contributed by atoms with Gasteiger partial charge >= 0.3 is 5.97 Å². The zero-order chi connectivity index (χ0) is 15.7. The number of ether oxygens (including phenoxy) is 1. The number of rotatable bonds is 9. The van der Waals surface area contributed by atoms with Crippen molar-refractivity contribution in [3.05, 3.63) is 0 Å². The topological polar surface area (TPSA) is 151 Å². The summed E-state index contributed by atoms with van der Waals surface area (Å²) in [5.41, 5.74) is 5.34. The van der Waals surface area contributed by atoms with Crippen LogP contribution in [0.25, 0.3) is 0 Å². The van der Waals surface area contributed by atoms with Crippen LogP contribution < -0.4 is 16.4 Å². The molecule has 0 aromatic heterocycles. The first kappa shape index (κ1) is 18.3. The normalized spacial score (nSPS) is 15.0. The number of carbonyl (C=O) groups excluding carboxylic acids is 2. The Hall–Kier alpha value is -1.71. The third kappa shape index (κ3) is 7.67. The zero-order valence-corrected chi connectivity index (χ0v) is 11.5. The Morgan fingerprint density at radius 3 is 2.35 bits per heavy atom. The summed E-state index contributed by atoms with van der Waals surface area (Å²) >= 11 is 0. The van der Waals surface area contributed by atoms with Crippen LogP contribution in [0, 0.1) is 0 Å². The summed E-state index contributed by atoms with van der Waals surface area (Å²) in [7, 11) is 0. The van der Waals surface area contributed by atoms with Crippen LogP contribution in [-0.2, 0) is 19.1 Å². The molecule has 9 nitrogen and oxygen atoms in total. The number of amides is 2. The number of aliphatic hydroxyl groups excluding tert-OH is 1. The van der Waals surface area contributed by atoms with Crippen LogP contribution in [0.4, 0.5) is 0 Å². The number of aliphatic hydroxyl groups is 1. The Morgan fingerprint density at radius 2 is 1.85 bits per heavy atom. The Morgan fingerprint density at radius 1 is 1.25 bits per heavy atom. The second-order valence-corrected chi connectivity index (χ2v) is 4.26. The average molecular weight is 291 g/mol. The van der Waals surface area contributed by atoms with Gasteiger partial charge in [0.05, 0.1) is 12.6 Å². The molecule has 0 bridgehead atoms. The summed E-state index contributed by atoms with van der Waals surface area (Å²) in [6.45, 7) is 2.82. The summed E-state index contributed by atoms with van der Waals surface area (Å²) in [5.74, 6) is -2.24. The molecule has 0 aromatic carbocycles. The molecule has 3 atom stereocenters. The van der Waals surface area contributed by atoms with Crippen molar-refractivity contribution in [2.75, 3.05) is 13.3 Å². The molecule has 2 amide bonds.